The lowest BCUT2D eigenvalue weighted by molar-refractivity contribution is -0.123. The van der Waals surface area contributed by atoms with Gasteiger partial charge in [-0.3, -0.25) is 4.79 Å². The Morgan fingerprint density at radius 3 is 2.84 bits per heavy atom. The van der Waals surface area contributed by atoms with Gasteiger partial charge in [-0.05, 0) is 31.0 Å². The van der Waals surface area contributed by atoms with Crippen LogP contribution in [0.1, 0.15) is 12.8 Å². The highest BCUT2D eigenvalue weighted by atomic mass is 79.9. The SMILES string of the molecule is O=C(COc1ccc(Br)cc1Cl)NCC1(CO)CC1. The largest absolute Gasteiger partial charge is 0.482 e. The van der Waals surface area contributed by atoms with Crippen molar-refractivity contribution in [2.45, 2.75) is 12.8 Å². The average Bonchev–Trinajstić information content (AvgIpc) is 3.16. The van der Waals surface area contributed by atoms with Gasteiger partial charge in [-0.25, -0.2) is 0 Å². The summed E-state index contributed by atoms with van der Waals surface area (Å²) in [5.41, 5.74) is -0.0923. The molecule has 104 valence electrons. The van der Waals surface area contributed by atoms with Crippen LogP contribution < -0.4 is 10.1 Å². The summed E-state index contributed by atoms with van der Waals surface area (Å²) in [6, 6.07) is 5.21. The lowest BCUT2D eigenvalue weighted by Gasteiger charge is -2.13. The summed E-state index contributed by atoms with van der Waals surface area (Å²) in [7, 11) is 0. The van der Waals surface area contributed by atoms with E-state index < -0.39 is 0 Å². The zero-order chi connectivity index (χ0) is 13.9. The number of aliphatic hydroxyl groups excluding tert-OH is 1. The number of hydrogen-bond acceptors (Lipinski definition) is 3. The standard InChI is InChI=1S/C13H15BrClNO3/c14-9-1-2-11(10(15)5-9)19-6-12(18)16-7-13(8-17)3-4-13/h1-2,5,17H,3-4,6-8H2,(H,16,18). The molecule has 2 N–H and O–H groups in total. The molecule has 0 heterocycles. The van der Waals surface area contributed by atoms with Crippen LogP contribution in [0.15, 0.2) is 22.7 Å². The van der Waals surface area contributed by atoms with Crippen molar-refractivity contribution in [2.24, 2.45) is 5.41 Å². The van der Waals surface area contributed by atoms with Gasteiger partial charge in [0, 0.05) is 16.4 Å². The van der Waals surface area contributed by atoms with Crippen LogP contribution in [0.4, 0.5) is 0 Å². The van der Waals surface area contributed by atoms with E-state index in [2.05, 4.69) is 21.2 Å². The van der Waals surface area contributed by atoms with Crippen LogP contribution in [-0.4, -0.2) is 30.8 Å². The molecular weight excluding hydrogens is 334 g/mol. The minimum atomic E-state index is -0.210. The molecule has 1 aromatic carbocycles. The van der Waals surface area contributed by atoms with Crippen molar-refractivity contribution in [1.82, 2.24) is 5.32 Å². The third-order valence-corrected chi connectivity index (χ3v) is 3.99. The minimum absolute atomic E-state index is 0.0805. The first-order valence-corrected chi connectivity index (χ1v) is 7.17. The lowest BCUT2D eigenvalue weighted by atomic mass is 10.1. The van der Waals surface area contributed by atoms with E-state index >= 15 is 0 Å². The number of nitrogens with one attached hydrogen (secondary N) is 1. The van der Waals surface area contributed by atoms with Crippen LogP contribution >= 0.6 is 27.5 Å². The fourth-order valence-corrected chi connectivity index (χ4v) is 2.37. The Hall–Kier alpha value is -0.780. The maximum absolute atomic E-state index is 11.6. The molecule has 1 aliphatic carbocycles. The molecule has 0 aromatic heterocycles. The Bertz CT molecular complexity index is 477. The Labute approximate surface area is 125 Å². The van der Waals surface area contributed by atoms with Crippen LogP contribution in [0.3, 0.4) is 0 Å². The maximum atomic E-state index is 11.6. The number of ether oxygens (including phenoxy) is 1. The Morgan fingerprint density at radius 1 is 1.53 bits per heavy atom. The number of aliphatic hydroxyl groups is 1. The van der Waals surface area contributed by atoms with E-state index in [-0.39, 0.29) is 24.5 Å². The summed E-state index contributed by atoms with van der Waals surface area (Å²) in [5, 5.41) is 12.4. The second kappa shape index (κ2) is 6.11. The molecule has 1 aliphatic rings. The molecule has 19 heavy (non-hydrogen) atoms. The van der Waals surface area contributed by atoms with Gasteiger partial charge in [-0.2, -0.15) is 0 Å². The topological polar surface area (TPSA) is 58.6 Å². The first kappa shape index (κ1) is 14.6. The maximum Gasteiger partial charge on any atom is 0.257 e. The molecule has 1 fully saturated rings. The fraction of sp³-hybridized carbons (Fsp3) is 0.462. The van der Waals surface area contributed by atoms with Gasteiger partial charge in [0.25, 0.3) is 5.91 Å². The van der Waals surface area contributed by atoms with E-state index in [0.29, 0.717) is 17.3 Å². The molecule has 1 saturated carbocycles. The van der Waals surface area contributed by atoms with Crippen LogP contribution in [0.5, 0.6) is 5.75 Å². The summed E-state index contributed by atoms with van der Waals surface area (Å²) in [4.78, 5) is 11.6. The minimum Gasteiger partial charge on any atom is -0.482 e. The molecule has 0 radical (unpaired) electrons. The highest BCUT2D eigenvalue weighted by Gasteiger charge is 2.42. The number of carbonyl (C=O) groups excluding carboxylic acids is 1. The van der Waals surface area contributed by atoms with Crippen LogP contribution in [0, 0.1) is 5.41 Å². The van der Waals surface area contributed by atoms with Crippen molar-refractivity contribution in [3.8, 4) is 5.75 Å². The fourth-order valence-electron chi connectivity index (χ4n) is 1.64. The lowest BCUT2D eigenvalue weighted by Crippen LogP contribution is -2.35. The van der Waals surface area contributed by atoms with Crippen molar-refractivity contribution in [3.63, 3.8) is 0 Å². The van der Waals surface area contributed by atoms with Gasteiger partial charge in [-0.15, -0.1) is 0 Å². The number of carbonyl (C=O) groups is 1. The van der Waals surface area contributed by atoms with Crippen LogP contribution in [0.2, 0.25) is 5.02 Å². The number of rotatable bonds is 6. The van der Waals surface area contributed by atoms with Gasteiger partial charge in [0.2, 0.25) is 0 Å². The van der Waals surface area contributed by atoms with E-state index in [1.807, 2.05) is 0 Å². The summed E-state index contributed by atoms with van der Waals surface area (Å²) in [5.74, 6) is 0.266. The van der Waals surface area contributed by atoms with E-state index in [4.69, 9.17) is 21.4 Å². The molecule has 0 aliphatic heterocycles. The zero-order valence-electron chi connectivity index (χ0n) is 10.3. The number of hydrogen-bond donors (Lipinski definition) is 2. The molecule has 1 aromatic rings. The van der Waals surface area contributed by atoms with Crippen LogP contribution in [-0.2, 0) is 4.79 Å². The summed E-state index contributed by atoms with van der Waals surface area (Å²) in [6.45, 7) is 0.537. The average molecular weight is 349 g/mol. The van der Waals surface area contributed by atoms with Crippen LogP contribution in [0.25, 0.3) is 0 Å². The highest BCUT2D eigenvalue weighted by Crippen LogP contribution is 2.44. The molecule has 0 spiro atoms. The third-order valence-electron chi connectivity index (χ3n) is 3.21. The van der Waals surface area contributed by atoms with Gasteiger partial charge in [0.1, 0.15) is 5.75 Å². The quantitative estimate of drug-likeness (QED) is 0.830. The number of benzene rings is 1. The van der Waals surface area contributed by atoms with E-state index in [9.17, 15) is 4.79 Å². The molecule has 0 saturated heterocycles. The number of halogens is 2. The predicted molar refractivity (Wildman–Crippen MR) is 76.4 cm³/mol. The molecule has 0 atom stereocenters. The second-order valence-corrected chi connectivity index (χ2v) is 6.12. The van der Waals surface area contributed by atoms with E-state index in [1.165, 1.54) is 0 Å². The molecule has 1 amide bonds. The molecular formula is C13H15BrClNO3. The summed E-state index contributed by atoms with van der Waals surface area (Å²) < 4.78 is 6.20. The normalized spacial score (nSPS) is 15.9. The highest BCUT2D eigenvalue weighted by molar-refractivity contribution is 9.10. The van der Waals surface area contributed by atoms with Crippen molar-refractivity contribution in [3.05, 3.63) is 27.7 Å². The van der Waals surface area contributed by atoms with E-state index in [1.54, 1.807) is 18.2 Å². The predicted octanol–water partition coefficient (Wildman–Crippen LogP) is 2.37. The van der Waals surface area contributed by atoms with Crippen molar-refractivity contribution in [2.75, 3.05) is 19.8 Å². The molecule has 0 unspecified atom stereocenters. The summed E-state index contributed by atoms with van der Waals surface area (Å²) >= 11 is 9.27. The van der Waals surface area contributed by atoms with Crippen molar-refractivity contribution in [1.29, 1.82) is 0 Å². The van der Waals surface area contributed by atoms with Crippen molar-refractivity contribution >= 4 is 33.4 Å². The van der Waals surface area contributed by atoms with E-state index in [0.717, 1.165) is 17.3 Å². The molecule has 0 bridgehead atoms. The summed E-state index contributed by atoms with van der Waals surface area (Å²) in [6.07, 6.45) is 1.92. The number of amides is 1. The Balaban J connectivity index is 1.77. The first-order valence-electron chi connectivity index (χ1n) is 6.00. The second-order valence-electron chi connectivity index (χ2n) is 4.80. The Kier molecular flexibility index (Phi) is 4.71. The molecule has 6 heteroatoms. The first-order chi connectivity index (χ1) is 9.04. The van der Waals surface area contributed by atoms with Gasteiger partial charge < -0.3 is 15.2 Å². The smallest absolute Gasteiger partial charge is 0.257 e. The van der Waals surface area contributed by atoms with Gasteiger partial charge in [0.05, 0.1) is 11.6 Å². The third kappa shape index (κ3) is 4.09. The Morgan fingerprint density at radius 2 is 2.26 bits per heavy atom. The van der Waals surface area contributed by atoms with Gasteiger partial charge in [0.15, 0.2) is 6.61 Å². The van der Waals surface area contributed by atoms with Gasteiger partial charge in [-0.1, -0.05) is 27.5 Å². The zero-order valence-corrected chi connectivity index (χ0v) is 12.6. The van der Waals surface area contributed by atoms with Gasteiger partial charge >= 0.3 is 0 Å². The molecule has 4 nitrogen and oxygen atoms in total. The molecule has 2 rings (SSSR count). The van der Waals surface area contributed by atoms with Crippen molar-refractivity contribution < 1.29 is 14.6 Å². The monoisotopic (exact) mass is 347 g/mol.